The number of aromatic nitrogens is 2. The number of fused-ring (bicyclic) bond motifs is 1. The molecule has 0 bridgehead atoms. The molecule has 2 heterocycles. The molecule has 0 radical (unpaired) electrons. The fourth-order valence-corrected chi connectivity index (χ4v) is 4.83. The third-order valence-electron chi connectivity index (χ3n) is 5.39. The maximum Gasteiger partial charge on any atom is 0.227 e. The second kappa shape index (κ2) is 10.2. The van der Waals surface area contributed by atoms with Gasteiger partial charge >= 0.3 is 0 Å². The maximum absolute atomic E-state index is 12.5. The van der Waals surface area contributed by atoms with Crippen molar-refractivity contribution in [1.82, 2.24) is 9.97 Å². The van der Waals surface area contributed by atoms with E-state index in [9.17, 15) is 9.32 Å². The van der Waals surface area contributed by atoms with Gasteiger partial charge in [-0.25, -0.2) is 4.98 Å². The van der Waals surface area contributed by atoms with Crippen LogP contribution in [-0.2, 0) is 17.2 Å². The lowest BCUT2D eigenvalue weighted by Crippen LogP contribution is -2.33. The predicted octanol–water partition coefficient (Wildman–Crippen LogP) is 2.82. The van der Waals surface area contributed by atoms with Gasteiger partial charge in [0.05, 0.1) is 29.1 Å². The Labute approximate surface area is 181 Å². The van der Waals surface area contributed by atoms with E-state index in [0.717, 1.165) is 31.0 Å². The SMILES string of the molecule is CCN(CCNc1cccc(C)c1)c1nc2c(c(NC(CO)C(C)C)n1)S(=O)CC2. The number of hydrogen-bond donors (Lipinski definition) is 3. The Kier molecular flexibility index (Phi) is 7.66. The second-order valence-corrected chi connectivity index (χ2v) is 9.51. The molecule has 2 unspecified atom stereocenters. The molecule has 30 heavy (non-hydrogen) atoms. The van der Waals surface area contributed by atoms with Gasteiger partial charge in [-0.05, 0) is 37.5 Å². The van der Waals surface area contributed by atoms with Crippen LogP contribution in [0.15, 0.2) is 29.2 Å². The zero-order chi connectivity index (χ0) is 21.7. The number of nitrogens with zero attached hydrogens (tertiary/aromatic N) is 3. The van der Waals surface area contributed by atoms with Crippen LogP contribution in [0.2, 0.25) is 0 Å². The van der Waals surface area contributed by atoms with Crippen LogP contribution in [0.4, 0.5) is 17.5 Å². The van der Waals surface area contributed by atoms with Gasteiger partial charge in [-0.1, -0.05) is 26.0 Å². The highest BCUT2D eigenvalue weighted by Crippen LogP contribution is 2.30. The summed E-state index contributed by atoms with van der Waals surface area (Å²) in [6, 6.07) is 8.17. The second-order valence-electron chi connectivity index (χ2n) is 8.00. The van der Waals surface area contributed by atoms with E-state index in [1.807, 2.05) is 19.9 Å². The Bertz CT molecular complexity index is 890. The number of aryl methyl sites for hydroxylation is 2. The van der Waals surface area contributed by atoms with E-state index in [4.69, 9.17) is 9.97 Å². The van der Waals surface area contributed by atoms with Gasteiger partial charge in [-0.3, -0.25) is 4.21 Å². The molecule has 3 rings (SSSR count). The summed E-state index contributed by atoms with van der Waals surface area (Å²) in [4.78, 5) is 12.3. The zero-order valence-electron chi connectivity index (χ0n) is 18.3. The van der Waals surface area contributed by atoms with E-state index in [-0.39, 0.29) is 18.6 Å². The van der Waals surface area contributed by atoms with Crippen molar-refractivity contribution in [2.24, 2.45) is 5.92 Å². The van der Waals surface area contributed by atoms with Crippen LogP contribution in [0.3, 0.4) is 0 Å². The molecule has 1 aliphatic rings. The highest BCUT2D eigenvalue weighted by atomic mass is 32.2. The van der Waals surface area contributed by atoms with Gasteiger partial charge < -0.3 is 20.6 Å². The van der Waals surface area contributed by atoms with Crippen LogP contribution in [-0.4, -0.2) is 57.3 Å². The van der Waals surface area contributed by atoms with Crippen molar-refractivity contribution in [3.8, 4) is 0 Å². The van der Waals surface area contributed by atoms with Crippen LogP contribution in [0.5, 0.6) is 0 Å². The number of hydrogen-bond acceptors (Lipinski definition) is 7. The summed E-state index contributed by atoms with van der Waals surface area (Å²) in [5.41, 5.74) is 3.18. The first-order chi connectivity index (χ1) is 14.4. The number of aliphatic hydroxyl groups is 1. The number of nitrogens with one attached hydrogen (secondary N) is 2. The number of anilines is 3. The standard InChI is InChI=1S/C22H33N5O2S/c1-5-27(11-10-23-17-8-6-7-16(4)13-17)22-25-18-9-12-30(29)20(18)21(26-22)24-19(14-28)15(2)3/h6-8,13,15,19,23,28H,5,9-12,14H2,1-4H3,(H,24,25,26). The lowest BCUT2D eigenvalue weighted by Gasteiger charge is -2.25. The van der Waals surface area contributed by atoms with E-state index in [0.29, 0.717) is 28.8 Å². The van der Waals surface area contributed by atoms with E-state index < -0.39 is 10.8 Å². The first-order valence-electron chi connectivity index (χ1n) is 10.6. The highest BCUT2D eigenvalue weighted by molar-refractivity contribution is 7.85. The minimum atomic E-state index is -1.10. The van der Waals surface area contributed by atoms with Crippen molar-refractivity contribution in [2.45, 2.75) is 45.1 Å². The van der Waals surface area contributed by atoms with Gasteiger partial charge in [0, 0.05) is 37.5 Å². The Hall–Kier alpha value is -2.19. The molecule has 2 atom stereocenters. The molecule has 0 spiro atoms. The average Bonchev–Trinajstić information content (AvgIpc) is 3.10. The summed E-state index contributed by atoms with van der Waals surface area (Å²) in [7, 11) is -1.10. The Morgan fingerprint density at radius 2 is 2.10 bits per heavy atom. The van der Waals surface area contributed by atoms with Gasteiger partial charge in [0.25, 0.3) is 0 Å². The fraction of sp³-hybridized carbons (Fsp3) is 0.545. The van der Waals surface area contributed by atoms with Gasteiger partial charge in [0.1, 0.15) is 10.7 Å². The zero-order valence-corrected chi connectivity index (χ0v) is 19.1. The van der Waals surface area contributed by atoms with Crippen LogP contribution in [0.25, 0.3) is 0 Å². The summed E-state index contributed by atoms with van der Waals surface area (Å²) in [6.07, 6.45) is 0.691. The molecule has 1 aliphatic heterocycles. The minimum Gasteiger partial charge on any atom is -0.394 e. The first-order valence-corrected chi connectivity index (χ1v) is 12.0. The van der Waals surface area contributed by atoms with E-state index >= 15 is 0 Å². The van der Waals surface area contributed by atoms with Crippen LogP contribution in [0, 0.1) is 12.8 Å². The molecule has 0 amide bonds. The molecule has 1 aromatic heterocycles. The third kappa shape index (κ3) is 5.29. The lowest BCUT2D eigenvalue weighted by atomic mass is 10.1. The Morgan fingerprint density at radius 3 is 2.77 bits per heavy atom. The number of aliphatic hydroxyl groups excluding tert-OH is 1. The largest absolute Gasteiger partial charge is 0.394 e. The molecular weight excluding hydrogens is 398 g/mol. The van der Waals surface area contributed by atoms with Crippen LogP contribution < -0.4 is 15.5 Å². The van der Waals surface area contributed by atoms with Crippen LogP contribution >= 0.6 is 0 Å². The predicted molar refractivity (Wildman–Crippen MR) is 124 cm³/mol. The van der Waals surface area contributed by atoms with Crippen molar-refractivity contribution in [1.29, 1.82) is 0 Å². The Morgan fingerprint density at radius 1 is 1.30 bits per heavy atom. The van der Waals surface area contributed by atoms with Crippen molar-refractivity contribution in [3.63, 3.8) is 0 Å². The number of likely N-dealkylation sites (N-methyl/N-ethyl adjacent to an activating group) is 1. The summed E-state index contributed by atoms with van der Waals surface area (Å²) >= 11 is 0. The lowest BCUT2D eigenvalue weighted by molar-refractivity contribution is 0.249. The first kappa shape index (κ1) is 22.5. The van der Waals surface area contributed by atoms with Gasteiger partial charge in [-0.15, -0.1) is 0 Å². The molecule has 164 valence electrons. The molecule has 3 N–H and O–H groups in total. The molecule has 8 heteroatoms. The number of benzene rings is 1. The molecule has 2 aromatic rings. The van der Waals surface area contributed by atoms with Crippen molar-refractivity contribution in [2.75, 3.05) is 47.5 Å². The van der Waals surface area contributed by atoms with E-state index in [2.05, 4.69) is 47.6 Å². The number of rotatable bonds is 10. The monoisotopic (exact) mass is 431 g/mol. The molecular formula is C22H33N5O2S. The molecule has 0 aliphatic carbocycles. The van der Waals surface area contributed by atoms with Crippen molar-refractivity contribution < 1.29 is 9.32 Å². The molecule has 0 saturated heterocycles. The quantitative estimate of drug-likeness (QED) is 0.533. The topological polar surface area (TPSA) is 90.4 Å². The van der Waals surface area contributed by atoms with E-state index in [1.54, 1.807) is 0 Å². The van der Waals surface area contributed by atoms with Gasteiger partial charge in [0.2, 0.25) is 5.95 Å². The Balaban J connectivity index is 1.79. The summed E-state index contributed by atoms with van der Waals surface area (Å²) in [5.74, 6) is 2.04. The van der Waals surface area contributed by atoms with Gasteiger partial charge in [-0.2, -0.15) is 4.98 Å². The maximum atomic E-state index is 12.5. The van der Waals surface area contributed by atoms with Crippen LogP contribution in [0.1, 0.15) is 32.0 Å². The normalized spacial score (nSPS) is 16.4. The summed E-state index contributed by atoms with van der Waals surface area (Å²) in [5, 5.41) is 16.5. The van der Waals surface area contributed by atoms with E-state index in [1.165, 1.54) is 5.56 Å². The average molecular weight is 432 g/mol. The van der Waals surface area contributed by atoms with Crippen molar-refractivity contribution >= 4 is 28.3 Å². The van der Waals surface area contributed by atoms with Gasteiger partial charge in [0.15, 0.2) is 0 Å². The molecule has 0 fully saturated rings. The third-order valence-corrected chi connectivity index (χ3v) is 6.85. The smallest absolute Gasteiger partial charge is 0.227 e. The fourth-order valence-electron chi connectivity index (χ4n) is 3.51. The molecule has 7 nitrogen and oxygen atoms in total. The molecule has 1 aromatic carbocycles. The summed E-state index contributed by atoms with van der Waals surface area (Å²) < 4.78 is 12.5. The van der Waals surface area contributed by atoms with Crippen molar-refractivity contribution in [3.05, 3.63) is 35.5 Å². The molecule has 0 saturated carbocycles. The summed E-state index contributed by atoms with van der Waals surface area (Å²) in [6.45, 7) is 10.5. The highest BCUT2D eigenvalue weighted by Gasteiger charge is 2.28. The minimum absolute atomic E-state index is 0.00366.